The van der Waals surface area contributed by atoms with E-state index in [1.165, 1.54) is 12.5 Å². The number of nitrogens with zero attached hydrogens (tertiary/aromatic N) is 2. The number of aliphatic carboxylic acids is 1. The number of carboxylic acids is 1. The third kappa shape index (κ3) is 12.3. The second kappa shape index (κ2) is 16.6. The number of nitrogens with two attached hydrogens (primary N) is 4. The van der Waals surface area contributed by atoms with Gasteiger partial charge in [-0.15, -0.1) is 0 Å². The van der Waals surface area contributed by atoms with Crippen molar-refractivity contribution < 1.29 is 29.1 Å². The lowest BCUT2D eigenvalue weighted by Crippen LogP contribution is -2.57. The minimum atomic E-state index is -1.33. The number of amides is 4. The number of hydrogen-bond donors (Lipinski definition) is 9. The lowest BCUT2D eigenvalue weighted by atomic mass is 9.98. The van der Waals surface area contributed by atoms with Gasteiger partial charge in [0.1, 0.15) is 18.1 Å². The molecule has 1 aromatic rings. The summed E-state index contributed by atoms with van der Waals surface area (Å²) < 4.78 is 0. The van der Waals surface area contributed by atoms with Gasteiger partial charge in [0.05, 0.1) is 12.4 Å². The first kappa shape index (κ1) is 32.8. The van der Waals surface area contributed by atoms with Crippen molar-refractivity contribution in [3.05, 3.63) is 18.2 Å². The van der Waals surface area contributed by atoms with Crippen LogP contribution in [0.25, 0.3) is 0 Å². The Hall–Kier alpha value is -4.21. The summed E-state index contributed by atoms with van der Waals surface area (Å²) in [7, 11) is 0. The first-order valence-electron chi connectivity index (χ1n) is 12.6. The quantitative estimate of drug-likeness (QED) is 0.0511. The SMILES string of the molecule is CCC(C)C(N)C(=O)NC(CCC(N)=O)C(=O)NC(CCCN=C(N)N)C(=O)NC(Cc1cnc[nH]1)C(=O)O. The van der Waals surface area contributed by atoms with E-state index in [1.807, 2.05) is 6.92 Å². The van der Waals surface area contributed by atoms with Gasteiger partial charge < -0.3 is 49.0 Å². The highest BCUT2D eigenvalue weighted by molar-refractivity contribution is 5.94. The van der Waals surface area contributed by atoms with Gasteiger partial charge in [0, 0.05) is 31.3 Å². The van der Waals surface area contributed by atoms with Gasteiger partial charge in [-0.05, 0) is 25.2 Å². The molecule has 0 bridgehead atoms. The van der Waals surface area contributed by atoms with E-state index in [9.17, 15) is 29.1 Å². The standard InChI is InChI=1S/C23H40N10O6/c1-3-12(2)18(25)21(37)32-15(6-7-17(24)34)20(36)31-14(5-4-8-29-23(26)27)19(35)33-16(22(38)39)9-13-10-28-11-30-13/h10-12,14-16,18H,3-9,25H2,1-2H3,(H2,24,34)(H,28,30)(H,31,36)(H,32,37)(H,33,35)(H,38,39)(H4,26,27,29). The summed E-state index contributed by atoms with van der Waals surface area (Å²) >= 11 is 0. The number of aromatic amines is 1. The van der Waals surface area contributed by atoms with Crippen molar-refractivity contribution >= 4 is 35.6 Å². The van der Waals surface area contributed by atoms with Crippen molar-refractivity contribution in [3.8, 4) is 0 Å². The second-order valence-electron chi connectivity index (χ2n) is 9.17. The number of rotatable bonds is 18. The van der Waals surface area contributed by atoms with Crippen LogP contribution in [0.3, 0.4) is 0 Å². The minimum Gasteiger partial charge on any atom is -0.480 e. The van der Waals surface area contributed by atoms with E-state index in [2.05, 4.69) is 30.9 Å². The number of imidazole rings is 1. The Labute approximate surface area is 226 Å². The van der Waals surface area contributed by atoms with Crippen LogP contribution in [-0.2, 0) is 30.4 Å². The molecule has 0 aliphatic rings. The molecule has 16 heteroatoms. The topological polar surface area (TPSA) is 287 Å². The Kier molecular flexibility index (Phi) is 14.0. The summed E-state index contributed by atoms with van der Waals surface area (Å²) in [6, 6.07) is -4.68. The number of carboxylic acid groups (broad SMARTS) is 1. The normalized spacial score (nSPS) is 14.6. The van der Waals surface area contributed by atoms with Gasteiger partial charge in [-0.1, -0.05) is 20.3 Å². The third-order valence-corrected chi connectivity index (χ3v) is 6.04. The van der Waals surface area contributed by atoms with Crippen LogP contribution in [0, 0.1) is 5.92 Å². The monoisotopic (exact) mass is 552 g/mol. The first-order valence-corrected chi connectivity index (χ1v) is 12.6. The lowest BCUT2D eigenvalue weighted by Gasteiger charge is -2.26. The fraction of sp³-hybridized carbons (Fsp3) is 0.609. The zero-order chi connectivity index (χ0) is 29.5. The van der Waals surface area contributed by atoms with E-state index in [0.29, 0.717) is 12.1 Å². The Morgan fingerprint density at radius 2 is 1.59 bits per heavy atom. The van der Waals surface area contributed by atoms with E-state index in [0.717, 1.165) is 0 Å². The second-order valence-corrected chi connectivity index (χ2v) is 9.17. The molecule has 13 N–H and O–H groups in total. The van der Waals surface area contributed by atoms with E-state index in [4.69, 9.17) is 22.9 Å². The minimum absolute atomic E-state index is 0.0353. The highest BCUT2D eigenvalue weighted by Gasteiger charge is 2.31. The molecular weight excluding hydrogens is 512 g/mol. The van der Waals surface area contributed by atoms with Gasteiger partial charge in [0.2, 0.25) is 23.6 Å². The van der Waals surface area contributed by atoms with E-state index < -0.39 is 53.8 Å². The number of hydrogen-bond acceptors (Lipinski definition) is 8. The molecule has 16 nitrogen and oxygen atoms in total. The van der Waals surface area contributed by atoms with Crippen LogP contribution in [0.2, 0.25) is 0 Å². The molecular formula is C23H40N10O6. The van der Waals surface area contributed by atoms with Crippen molar-refractivity contribution in [3.63, 3.8) is 0 Å². The Bertz CT molecular complexity index is 996. The average molecular weight is 553 g/mol. The smallest absolute Gasteiger partial charge is 0.326 e. The van der Waals surface area contributed by atoms with Crippen molar-refractivity contribution in [1.29, 1.82) is 0 Å². The number of carbonyl (C=O) groups excluding carboxylic acids is 4. The third-order valence-electron chi connectivity index (χ3n) is 6.04. The molecule has 0 saturated heterocycles. The van der Waals surface area contributed by atoms with Crippen molar-refractivity contribution in [2.75, 3.05) is 6.54 Å². The molecule has 1 aromatic heterocycles. The maximum Gasteiger partial charge on any atom is 0.326 e. The molecule has 1 rings (SSSR count). The van der Waals surface area contributed by atoms with Crippen LogP contribution in [0.15, 0.2) is 17.5 Å². The number of guanidine groups is 1. The number of H-pyrrole nitrogens is 1. The van der Waals surface area contributed by atoms with Gasteiger partial charge in [-0.3, -0.25) is 24.2 Å². The number of aromatic nitrogens is 2. The molecule has 39 heavy (non-hydrogen) atoms. The van der Waals surface area contributed by atoms with E-state index in [-0.39, 0.29) is 50.5 Å². The molecule has 218 valence electrons. The van der Waals surface area contributed by atoms with Crippen LogP contribution in [0.5, 0.6) is 0 Å². The van der Waals surface area contributed by atoms with Gasteiger partial charge in [-0.2, -0.15) is 0 Å². The molecule has 0 fully saturated rings. The van der Waals surface area contributed by atoms with Crippen LogP contribution < -0.4 is 38.9 Å². The van der Waals surface area contributed by atoms with Crippen LogP contribution in [0.4, 0.5) is 0 Å². The molecule has 5 atom stereocenters. The van der Waals surface area contributed by atoms with Crippen molar-refractivity contribution in [2.45, 2.75) is 76.5 Å². The van der Waals surface area contributed by atoms with Crippen molar-refractivity contribution in [2.24, 2.45) is 33.8 Å². The predicted molar refractivity (Wildman–Crippen MR) is 141 cm³/mol. The van der Waals surface area contributed by atoms with Crippen molar-refractivity contribution in [1.82, 2.24) is 25.9 Å². The van der Waals surface area contributed by atoms with Gasteiger partial charge in [0.25, 0.3) is 0 Å². The summed E-state index contributed by atoms with van der Waals surface area (Å²) in [4.78, 5) is 72.5. The zero-order valence-corrected chi connectivity index (χ0v) is 22.2. The predicted octanol–water partition coefficient (Wildman–Crippen LogP) is -2.82. The fourth-order valence-corrected chi connectivity index (χ4v) is 3.47. The Morgan fingerprint density at radius 1 is 1.00 bits per heavy atom. The molecule has 0 aromatic carbocycles. The van der Waals surface area contributed by atoms with Crippen LogP contribution >= 0.6 is 0 Å². The molecule has 4 amide bonds. The maximum absolute atomic E-state index is 13.2. The number of primary amides is 1. The summed E-state index contributed by atoms with van der Waals surface area (Å²) in [5.74, 6) is -4.48. The lowest BCUT2D eigenvalue weighted by molar-refractivity contribution is -0.142. The summed E-state index contributed by atoms with van der Waals surface area (Å²) in [5, 5.41) is 17.1. The molecule has 0 aliphatic carbocycles. The zero-order valence-electron chi connectivity index (χ0n) is 22.2. The molecule has 0 spiro atoms. The van der Waals surface area contributed by atoms with E-state index in [1.54, 1.807) is 6.92 Å². The maximum atomic E-state index is 13.2. The highest BCUT2D eigenvalue weighted by atomic mass is 16.4. The van der Waals surface area contributed by atoms with Gasteiger partial charge >= 0.3 is 5.97 Å². The summed E-state index contributed by atoms with van der Waals surface area (Å²) in [5.41, 5.74) is 22.3. The molecule has 0 radical (unpaired) electrons. The van der Waals surface area contributed by atoms with Gasteiger partial charge in [-0.25, -0.2) is 9.78 Å². The molecule has 1 heterocycles. The number of nitrogens with one attached hydrogen (secondary N) is 4. The van der Waals surface area contributed by atoms with Gasteiger partial charge in [0.15, 0.2) is 5.96 Å². The first-order chi connectivity index (χ1) is 18.3. The summed E-state index contributed by atoms with van der Waals surface area (Å²) in [6.45, 7) is 3.78. The summed E-state index contributed by atoms with van der Waals surface area (Å²) in [6.07, 6.45) is 3.26. The Morgan fingerprint density at radius 3 is 2.10 bits per heavy atom. The highest BCUT2D eigenvalue weighted by Crippen LogP contribution is 2.08. The van der Waals surface area contributed by atoms with Crippen LogP contribution in [0.1, 0.15) is 51.6 Å². The fourth-order valence-electron chi connectivity index (χ4n) is 3.47. The number of aliphatic imine (C=N–C) groups is 1. The molecule has 5 unspecified atom stereocenters. The largest absolute Gasteiger partial charge is 0.480 e. The molecule has 0 aliphatic heterocycles. The average Bonchev–Trinajstić information content (AvgIpc) is 3.39. The van der Waals surface area contributed by atoms with E-state index >= 15 is 0 Å². The van der Waals surface area contributed by atoms with Crippen LogP contribution in [-0.4, -0.2) is 81.3 Å². The Balaban J connectivity index is 3.09. The number of carbonyl (C=O) groups is 5. The molecule has 0 saturated carbocycles.